The van der Waals surface area contributed by atoms with Crippen molar-refractivity contribution in [3.8, 4) is 0 Å². The van der Waals surface area contributed by atoms with E-state index in [1.165, 1.54) is 18.2 Å². The van der Waals surface area contributed by atoms with Crippen LogP contribution in [0.2, 0.25) is 0 Å². The zero-order valence-electron chi connectivity index (χ0n) is 10.7. The lowest BCUT2D eigenvalue weighted by Gasteiger charge is -2.19. The Morgan fingerprint density at radius 2 is 2.11 bits per heavy atom. The first-order chi connectivity index (χ1) is 8.49. The highest BCUT2D eigenvalue weighted by Gasteiger charge is 2.31. The Bertz CT molecular complexity index is 461. The van der Waals surface area contributed by atoms with Gasteiger partial charge in [0.15, 0.2) is 0 Å². The summed E-state index contributed by atoms with van der Waals surface area (Å²) in [5.74, 6) is 0.130. The lowest BCUT2D eigenvalue weighted by molar-refractivity contribution is 0.0923. The molecule has 0 spiro atoms. The summed E-state index contributed by atoms with van der Waals surface area (Å²) in [5.41, 5.74) is 6.00. The van der Waals surface area contributed by atoms with Gasteiger partial charge in [0.25, 0.3) is 5.91 Å². The van der Waals surface area contributed by atoms with Gasteiger partial charge in [-0.1, -0.05) is 13.8 Å². The SMILES string of the molecule is CC1CCC(NC(=O)c2cc(N)ccc2F)C1C. The third-order valence-electron chi connectivity index (χ3n) is 4.02. The predicted octanol–water partition coefficient (Wildman–Crippen LogP) is 2.57. The summed E-state index contributed by atoms with van der Waals surface area (Å²) in [4.78, 5) is 12.0. The molecule has 3 atom stereocenters. The molecule has 1 aromatic rings. The number of rotatable bonds is 2. The fourth-order valence-corrected chi connectivity index (χ4v) is 2.53. The standard InChI is InChI=1S/C14H19FN2O/c1-8-3-6-13(9(8)2)17-14(18)11-7-10(16)4-5-12(11)15/h4-5,7-9,13H,3,6,16H2,1-2H3,(H,17,18). The minimum absolute atomic E-state index is 0.0294. The van der Waals surface area contributed by atoms with Crippen LogP contribution in [0.25, 0.3) is 0 Å². The number of benzene rings is 1. The number of nitrogens with one attached hydrogen (secondary N) is 1. The van der Waals surface area contributed by atoms with Crippen molar-refractivity contribution in [1.82, 2.24) is 5.32 Å². The van der Waals surface area contributed by atoms with Crippen LogP contribution in [0.5, 0.6) is 0 Å². The van der Waals surface area contributed by atoms with E-state index < -0.39 is 5.82 Å². The largest absolute Gasteiger partial charge is 0.399 e. The molecular formula is C14H19FN2O. The molecule has 0 bridgehead atoms. The molecule has 4 heteroatoms. The van der Waals surface area contributed by atoms with Gasteiger partial charge >= 0.3 is 0 Å². The van der Waals surface area contributed by atoms with Crippen molar-refractivity contribution in [3.05, 3.63) is 29.6 Å². The van der Waals surface area contributed by atoms with Gasteiger partial charge in [-0.2, -0.15) is 0 Å². The van der Waals surface area contributed by atoms with Crippen molar-refractivity contribution in [2.45, 2.75) is 32.7 Å². The molecule has 0 saturated heterocycles. The Morgan fingerprint density at radius 1 is 1.39 bits per heavy atom. The normalized spacial score (nSPS) is 27.2. The molecule has 1 aromatic carbocycles. The molecule has 0 aromatic heterocycles. The average Bonchev–Trinajstić information content (AvgIpc) is 2.64. The first-order valence-corrected chi connectivity index (χ1v) is 6.35. The average molecular weight is 250 g/mol. The highest BCUT2D eigenvalue weighted by Crippen LogP contribution is 2.31. The van der Waals surface area contributed by atoms with E-state index in [0.29, 0.717) is 17.5 Å². The molecule has 3 unspecified atom stereocenters. The highest BCUT2D eigenvalue weighted by molar-refractivity contribution is 5.95. The van der Waals surface area contributed by atoms with Crippen LogP contribution in [-0.4, -0.2) is 11.9 Å². The number of halogens is 1. The molecule has 0 radical (unpaired) electrons. The number of nitrogens with two attached hydrogens (primary N) is 1. The molecule has 2 rings (SSSR count). The zero-order valence-corrected chi connectivity index (χ0v) is 10.7. The summed E-state index contributed by atoms with van der Waals surface area (Å²) in [6.07, 6.45) is 2.06. The second kappa shape index (κ2) is 4.96. The first-order valence-electron chi connectivity index (χ1n) is 6.35. The van der Waals surface area contributed by atoms with Gasteiger partial charge in [-0.3, -0.25) is 4.79 Å². The number of hydrogen-bond acceptors (Lipinski definition) is 2. The Morgan fingerprint density at radius 3 is 2.72 bits per heavy atom. The van der Waals surface area contributed by atoms with Crippen molar-refractivity contribution in [3.63, 3.8) is 0 Å². The van der Waals surface area contributed by atoms with Crippen LogP contribution < -0.4 is 11.1 Å². The van der Waals surface area contributed by atoms with Crippen LogP contribution in [0.3, 0.4) is 0 Å². The fraction of sp³-hybridized carbons (Fsp3) is 0.500. The smallest absolute Gasteiger partial charge is 0.254 e. The zero-order chi connectivity index (χ0) is 13.3. The van der Waals surface area contributed by atoms with Crippen molar-refractivity contribution >= 4 is 11.6 Å². The Labute approximate surface area is 107 Å². The molecule has 1 saturated carbocycles. The van der Waals surface area contributed by atoms with Crippen LogP contribution in [0.15, 0.2) is 18.2 Å². The molecule has 1 fully saturated rings. The van der Waals surface area contributed by atoms with Crippen LogP contribution >= 0.6 is 0 Å². The molecule has 0 heterocycles. The molecule has 1 aliphatic carbocycles. The predicted molar refractivity (Wildman–Crippen MR) is 69.6 cm³/mol. The Balaban J connectivity index is 2.10. The third kappa shape index (κ3) is 2.47. The maximum atomic E-state index is 13.6. The maximum absolute atomic E-state index is 13.6. The Kier molecular flexibility index (Phi) is 3.55. The number of carbonyl (C=O) groups is 1. The summed E-state index contributed by atoms with van der Waals surface area (Å²) < 4.78 is 13.6. The van der Waals surface area contributed by atoms with Crippen molar-refractivity contribution in [2.75, 3.05) is 5.73 Å². The Hall–Kier alpha value is -1.58. The molecule has 3 N–H and O–H groups in total. The molecule has 1 aliphatic rings. The van der Waals surface area contributed by atoms with E-state index in [1.807, 2.05) is 0 Å². The van der Waals surface area contributed by atoms with E-state index in [2.05, 4.69) is 19.2 Å². The van der Waals surface area contributed by atoms with E-state index in [1.54, 1.807) is 0 Å². The van der Waals surface area contributed by atoms with Crippen LogP contribution in [0, 0.1) is 17.7 Å². The molecule has 0 aliphatic heterocycles. The van der Waals surface area contributed by atoms with Crippen molar-refractivity contribution in [2.24, 2.45) is 11.8 Å². The summed E-state index contributed by atoms with van der Waals surface area (Å²) in [5, 5.41) is 2.91. The number of anilines is 1. The van der Waals surface area contributed by atoms with Crippen molar-refractivity contribution < 1.29 is 9.18 Å². The van der Waals surface area contributed by atoms with E-state index in [4.69, 9.17) is 5.73 Å². The van der Waals surface area contributed by atoms with Gasteiger partial charge in [0.1, 0.15) is 5.82 Å². The van der Waals surface area contributed by atoms with Gasteiger partial charge < -0.3 is 11.1 Å². The lowest BCUT2D eigenvalue weighted by atomic mass is 9.97. The van der Waals surface area contributed by atoms with Gasteiger partial charge in [0.2, 0.25) is 0 Å². The van der Waals surface area contributed by atoms with Crippen LogP contribution in [0.4, 0.5) is 10.1 Å². The number of amides is 1. The highest BCUT2D eigenvalue weighted by atomic mass is 19.1. The quantitative estimate of drug-likeness (QED) is 0.793. The number of nitrogen functional groups attached to an aromatic ring is 1. The van der Waals surface area contributed by atoms with Crippen LogP contribution in [0.1, 0.15) is 37.0 Å². The van der Waals surface area contributed by atoms with E-state index in [-0.39, 0.29) is 17.5 Å². The topological polar surface area (TPSA) is 55.1 Å². The minimum atomic E-state index is -0.527. The van der Waals surface area contributed by atoms with Gasteiger partial charge in [-0.05, 0) is 42.9 Å². The summed E-state index contributed by atoms with van der Waals surface area (Å²) in [6.45, 7) is 4.30. The fourth-order valence-electron chi connectivity index (χ4n) is 2.53. The van der Waals surface area contributed by atoms with Crippen molar-refractivity contribution in [1.29, 1.82) is 0 Å². The molecule has 1 amide bonds. The van der Waals surface area contributed by atoms with Gasteiger partial charge in [0, 0.05) is 11.7 Å². The second-order valence-corrected chi connectivity index (χ2v) is 5.23. The molecule has 98 valence electrons. The second-order valence-electron chi connectivity index (χ2n) is 5.23. The summed E-state index contributed by atoms with van der Waals surface area (Å²) in [7, 11) is 0. The minimum Gasteiger partial charge on any atom is -0.399 e. The van der Waals surface area contributed by atoms with E-state index >= 15 is 0 Å². The van der Waals surface area contributed by atoms with E-state index in [9.17, 15) is 9.18 Å². The number of hydrogen-bond donors (Lipinski definition) is 2. The number of carbonyl (C=O) groups excluding carboxylic acids is 1. The van der Waals surface area contributed by atoms with E-state index in [0.717, 1.165) is 12.8 Å². The van der Waals surface area contributed by atoms with Crippen LogP contribution in [-0.2, 0) is 0 Å². The maximum Gasteiger partial charge on any atom is 0.254 e. The van der Waals surface area contributed by atoms with Gasteiger partial charge in [0.05, 0.1) is 5.56 Å². The van der Waals surface area contributed by atoms with Gasteiger partial charge in [-0.25, -0.2) is 4.39 Å². The molecular weight excluding hydrogens is 231 g/mol. The first kappa shape index (κ1) is 12.9. The third-order valence-corrected chi connectivity index (χ3v) is 4.02. The summed E-state index contributed by atoms with van der Waals surface area (Å²) in [6, 6.07) is 4.19. The summed E-state index contributed by atoms with van der Waals surface area (Å²) >= 11 is 0. The molecule has 18 heavy (non-hydrogen) atoms. The van der Waals surface area contributed by atoms with Gasteiger partial charge in [-0.15, -0.1) is 0 Å². The monoisotopic (exact) mass is 250 g/mol. The molecule has 3 nitrogen and oxygen atoms in total. The lowest BCUT2D eigenvalue weighted by Crippen LogP contribution is -2.37.